The highest BCUT2D eigenvalue weighted by Crippen LogP contribution is 2.25. The Morgan fingerprint density at radius 1 is 0.944 bits per heavy atom. The van der Waals surface area contributed by atoms with E-state index >= 15 is 0 Å². The summed E-state index contributed by atoms with van der Waals surface area (Å²) in [6.45, 7) is 3.21. The van der Waals surface area contributed by atoms with Crippen molar-refractivity contribution in [3.63, 3.8) is 0 Å². The van der Waals surface area contributed by atoms with Crippen LogP contribution in [-0.4, -0.2) is 74.9 Å². The first-order valence-corrected chi connectivity index (χ1v) is 12.0. The van der Waals surface area contributed by atoms with Crippen LogP contribution in [0.2, 0.25) is 0 Å². The van der Waals surface area contributed by atoms with Gasteiger partial charge in [-0.3, -0.25) is 19.4 Å². The number of hydrogen-bond acceptors (Lipinski definition) is 5. The maximum absolute atomic E-state index is 13.3. The molecule has 0 aliphatic carbocycles. The van der Waals surface area contributed by atoms with Gasteiger partial charge in [0, 0.05) is 80.4 Å². The number of likely N-dealkylation sites (tertiary alicyclic amines) is 1. The molecule has 2 aromatic carbocycles. The van der Waals surface area contributed by atoms with Gasteiger partial charge in [0.25, 0.3) is 5.91 Å². The number of hydrogen-bond donors (Lipinski definition) is 0. The molecule has 6 rings (SSSR count). The summed E-state index contributed by atoms with van der Waals surface area (Å²) in [6.07, 6.45) is 5.62. The lowest BCUT2D eigenvalue weighted by Gasteiger charge is -2.45. The predicted molar refractivity (Wildman–Crippen MR) is 133 cm³/mol. The number of rotatable bonds is 4. The molecule has 0 bridgehead atoms. The molecule has 2 aliphatic heterocycles. The van der Waals surface area contributed by atoms with Crippen molar-refractivity contribution in [1.29, 1.82) is 0 Å². The second-order valence-electron chi connectivity index (χ2n) is 9.18. The fourth-order valence-corrected chi connectivity index (χ4v) is 4.98. The molecule has 36 heavy (non-hydrogen) atoms. The molecule has 0 atom stereocenters. The van der Waals surface area contributed by atoms with Crippen molar-refractivity contribution in [2.24, 2.45) is 0 Å². The maximum Gasteiger partial charge on any atom is 0.253 e. The van der Waals surface area contributed by atoms with Gasteiger partial charge in [-0.1, -0.05) is 0 Å². The van der Waals surface area contributed by atoms with Crippen LogP contribution in [0.1, 0.15) is 16.8 Å². The average Bonchev–Trinajstić information content (AvgIpc) is 3.20. The van der Waals surface area contributed by atoms with Gasteiger partial charge in [0.05, 0.1) is 5.52 Å². The van der Waals surface area contributed by atoms with Gasteiger partial charge in [-0.25, -0.2) is 14.4 Å². The van der Waals surface area contributed by atoms with E-state index in [1.807, 2.05) is 39.9 Å². The molecular weight excluding hydrogens is 459 g/mol. The fourth-order valence-electron chi connectivity index (χ4n) is 4.98. The summed E-state index contributed by atoms with van der Waals surface area (Å²) in [5.74, 6) is 0.202. The second kappa shape index (κ2) is 9.16. The van der Waals surface area contributed by atoms with Crippen molar-refractivity contribution in [3.8, 4) is 5.69 Å². The molecule has 2 aliphatic rings. The van der Waals surface area contributed by atoms with Crippen LogP contribution in [0, 0.1) is 5.82 Å². The molecule has 0 saturated carbocycles. The zero-order valence-corrected chi connectivity index (χ0v) is 19.6. The Hall–Kier alpha value is -4.11. The second-order valence-corrected chi connectivity index (χ2v) is 9.18. The third-order valence-electron chi connectivity index (χ3n) is 7.03. The number of halogens is 1. The van der Waals surface area contributed by atoms with Gasteiger partial charge < -0.3 is 9.47 Å². The zero-order chi connectivity index (χ0) is 24.6. The Bertz CT molecular complexity index is 1420. The Kier molecular flexibility index (Phi) is 5.69. The SMILES string of the molecule is O=C(c1ccc2c(ccn2-c2ccc(F)cc2)c1)N1CC(N2CCC(=O)N(c3ncccn3)CC2)C1. The van der Waals surface area contributed by atoms with E-state index < -0.39 is 0 Å². The number of nitrogens with zero attached hydrogens (tertiary/aromatic N) is 6. The summed E-state index contributed by atoms with van der Waals surface area (Å²) >= 11 is 0. The van der Waals surface area contributed by atoms with E-state index in [4.69, 9.17) is 0 Å². The summed E-state index contributed by atoms with van der Waals surface area (Å²) in [6, 6.07) is 16.0. The van der Waals surface area contributed by atoms with E-state index in [-0.39, 0.29) is 23.7 Å². The Labute approximate surface area is 207 Å². The molecule has 2 aromatic heterocycles. The topological polar surface area (TPSA) is 74.6 Å². The monoisotopic (exact) mass is 484 g/mol. The molecule has 0 unspecified atom stereocenters. The number of benzene rings is 2. The minimum absolute atomic E-state index is 0.00731. The van der Waals surface area contributed by atoms with Crippen molar-refractivity contribution in [2.45, 2.75) is 12.5 Å². The highest BCUT2D eigenvalue weighted by Gasteiger charge is 2.37. The van der Waals surface area contributed by atoms with Crippen LogP contribution in [0.3, 0.4) is 0 Å². The molecule has 182 valence electrons. The van der Waals surface area contributed by atoms with Crippen LogP contribution in [0.15, 0.2) is 73.2 Å². The molecule has 8 nitrogen and oxygen atoms in total. The lowest BCUT2D eigenvalue weighted by molar-refractivity contribution is -0.118. The third-order valence-corrected chi connectivity index (χ3v) is 7.03. The normalized spacial score (nSPS) is 17.3. The molecule has 2 amide bonds. The number of anilines is 1. The molecule has 4 heterocycles. The molecule has 0 N–H and O–H groups in total. The highest BCUT2D eigenvalue weighted by atomic mass is 19.1. The summed E-state index contributed by atoms with van der Waals surface area (Å²) in [5.41, 5.74) is 2.47. The summed E-state index contributed by atoms with van der Waals surface area (Å²) in [7, 11) is 0. The van der Waals surface area contributed by atoms with Crippen molar-refractivity contribution < 1.29 is 14.0 Å². The molecular formula is C27H25FN6O2. The van der Waals surface area contributed by atoms with Crippen LogP contribution >= 0.6 is 0 Å². The molecule has 0 spiro atoms. The summed E-state index contributed by atoms with van der Waals surface area (Å²) in [4.78, 5) is 40.0. The van der Waals surface area contributed by atoms with Gasteiger partial charge in [0.15, 0.2) is 0 Å². The van der Waals surface area contributed by atoms with E-state index in [1.54, 1.807) is 35.5 Å². The van der Waals surface area contributed by atoms with E-state index in [9.17, 15) is 14.0 Å². The van der Waals surface area contributed by atoms with Crippen molar-refractivity contribution in [2.75, 3.05) is 37.6 Å². The standard InChI is InChI=1S/C27H25FN6O2/c28-21-3-5-22(6-4-21)33-13-8-19-16-20(2-7-24(19)33)26(36)32-17-23(18-32)31-12-9-25(35)34(15-14-31)27-29-10-1-11-30-27/h1-8,10-11,13,16,23H,9,12,14-15,17-18H2. The Morgan fingerprint density at radius 3 is 2.50 bits per heavy atom. The smallest absolute Gasteiger partial charge is 0.253 e. The number of carbonyl (C=O) groups excluding carboxylic acids is 2. The Balaban J connectivity index is 1.10. The van der Waals surface area contributed by atoms with E-state index in [2.05, 4.69) is 14.9 Å². The molecule has 4 aromatic rings. The van der Waals surface area contributed by atoms with Crippen molar-refractivity contribution >= 4 is 28.7 Å². The number of fused-ring (bicyclic) bond motifs is 1. The third kappa shape index (κ3) is 4.11. The number of amides is 2. The maximum atomic E-state index is 13.3. The van der Waals surface area contributed by atoms with Crippen LogP contribution < -0.4 is 4.90 Å². The Morgan fingerprint density at radius 2 is 1.72 bits per heavy atom. The first-order valence-electron chi connectivity index (χ1n) is 12.0. The molecule has 9 heteroatoms. The quantitative estimate of drug-likeness (QED) is 0.445. The molecule has 0 radical (unpaired) electrons. The minimum atomic E-state index is -0.273. The summed E-state index contributed by atoms with van der Waals surface area (Å²) in [5, 5.41) is 0.955. The van der Waals surface area contributed by atoms with Gasteiger partial charge in [-0.2, -0.15) is 0 Å². The van der Waals surface area contributed by atoms with Gasteiger partial charge in [-0.05, 0) is 54.6 Å². The largest absolute Gasteiger partial charge is 0.335 e. The number of carbonyl (C=O) groups is 2. The van der Waals surface area contributed by atoms with Crippen LogP contribution in [0.5, 0.6) is 0 Å². The number of aromatic nitrogens is 3. The van der Waals surface area contributed by atoms with Crippen LogP contribution in [-0.2, 0) is 4.79 Å². The van der Waals surface area contributed by atoms with Gasteiger partial charge >= 0.3 is 0 Å². The molecule has 2 fully saturated rings. The van der Waals surface area contributed by atoms with Gasteiger partial charge in [-0.15, -0.1) is 0 Å². The van der Waals surface area contributed by atoms with Crippen LogP contribution in [0.25, 0.3) is 16.6 Å². The van der Waals surface area contributed by atoms with Crippen LogP contribution in [0.4, 0.5) is 10.3 Å². The van der Waals surface area contributed by atoms with Gasteiger partial charge in [0.1, 0.15) is 5.82 Å². The fraction of sp³-hybridized carbons (Fsp3) is 0.259. The van der Waals surface area contributed by atoms with E-state index in [1.165, 1.54) is 12.1 Å². The first-order chi connectivity index (χ1) is 17.6. The first kappa shape index (κ1) is 22.4. The highest BCUT2D eigenvalue weighted by molar-refractivity contribution is 5.99. The van der Waals surface area contributed by atoms with E-state index in [0.717, 1.165) is 23.1 Å². The predicted octanol–water partition coefficient (Wildman–Crippen LogP) is 3.12. The van der Waals surface area contributed by atoms with Crippen molar-refractivity contribution in [1.82, 2.24) is 24.3 Å². The zero-order valence-electron chi connectivity index (χ0n) is 19.6. The van der Waals surface area contributed by atoms with Gasteiger partial charge in [0.2, 0.25) is 11.9 Å². The van der Waals surface area contributed by atoms with Crippen molar-refractivity contribution in [3.05, 3.63) is 84.6 Å². The lowest BCUT2D eigenvalue weighted by atomic mass is 10.0. The molecule has 2 saturated heterocycles. The minimum Gasteiger partial charge on any atom is -0.335 e. The average molecular weight is 485 g/mol. The lowest BCUT2D eigenvalue weighted by Crippen LogP contribution is -2.61. The van der Waals surface area contributed by atoms with E-state index in [0.29, 0.717) is 44.1 Å². The summed E-state index contributed by atoms with van der Waals surface area (Å²) < 4.78 is 15.3.